The number of ether oxygens (including phenoxy) is 1. The fraction of sp³-hybridized carbons (Fsp3) is 0.188. The lowest BCUT2D eigenvalue weighted by Crippen LogP contribution is -2.23. The summed E-state index contributed by atoms with van der Waals surface area (Å²) in [6.45, 7) is 0.0514. The van der Waals surface area contributed by atoms with Gasteiger partial charge in [0.1, 0.15) is 11.5 Å². The van der Waals surface area contributed by atoms with Crippen molar-refractivity contribution in [1.82, 2.24) is 5.32 Å². The summed E-state index contributed by atoms with van der Waals surface area (Å²) >= 11 is 0. The van der Waals surface area contributed by atoms with Crippen LogP contribution in [0.1, 0.15) is 21.5 Å². The Morgan fingerprint density at radius 2 is 1.83 bits per heavy atom. The molecule has 0 bridgehead atoms. The number of halogens is 3. The lowest BCUT2D eigenvalue weighted by Gasteiger charge is -2.11. The minimum absolute atomic E-state index is 0.0514. The van der Waals surface area contributed by atoms with E-state index in [4.69, 9.17) is 4.74 Å². The van der Waals surface area contributed by atoms with Gasteiger partial charge < -0.3 is 15.2 Å². The molecule has 0 spiro atoms. The maximum atomic E-state index is 12.5. The minimum Gasteiger partial charge on any atom is -0.508 e. The van der Waals surface area contributed by atoms with Gasteiger partial charge in [-0.25, -0.2) is 0 Å². The van der Waals surface area contributed by atoms with Crippen molar-refractivity contribution in [3.05, 3.63) is 59.2 Å². The van der Waals surface area contributed by atoms with Crippen LogP contribution >= 0.6 is 0 Å². The average Bonchev–Trinajstić information content (AvgIpc) is 2.52. The van der Waals surface area contributed by atoms with Crippen LogP contribution in [0.4, 0.5) is 13.2 Å². The Bertz CT molecular complexity index is 697. The zero-order chi connectivity index (χ0) is 17.0. The predicted molar refractivity (Wildman–Crippen MR) is 77.3 cm³/mol. The standard InChI is InChI=1S/C16H14F3NO3/c1-23-14-7-6-12(21)8-13(14)15(22)20-9-10-2-4-11(5-3-10)16(17,18)19/h2-8,21H,9H2,1H3,(H,20,22). The normalized spacial score (nSPS) is 11.1. The fourth-order valence-corrected chi connectivity index (χ4v) is 1.96. The molecular weight excluding hydrogens is 311 g/mol. The molecule has 0 fully saturated rings. The topological polar surface area (TPSA) is 58.6 Å². The molecule has 4 nitrogen and oxygen atoms in total. The van der Waals surface area contributed by atoms with Gasteiger partial charge in [-0.3, -0.25) is 4.79 Å². The van der Waals surface area contributed by atoms with Gasteiger partial charge in [-0.1, -0.05) is 12.1 Å². The minimum atomic E-state index is -4.39. The number of carbonyl (C=O) groups excluding carboxylic acids is 1. The molecule has 0 atom stereocenters. The number of phenolic OH excluding ortho intramolecular Hbond substituents is 1. The molecule has 0 aliphatic rings. The Morgan fingerprint density at radius 1 is 1.17 bits per heavy atom. The third-order valence-corrected chi connectivity index (χ3v) is 3.16. The van der Waals surface area contributed by atoms with Gasteiger partial charge in [0.25, 0.3) is 5.91 Å². The molecular formula is C16H14F3NO3. The third-order valence-electron chi connectivity index (χ3n) is 3.16. The lowest BCUT2D eigenvalue weighted by atomic mass is 10.1. The summed E-state index contributed by atoms with van der Waals surface area (Å²) in [5.74, 6) is -0.309. The highest BCUT2D eigenvalue weighted by Gasteiger charge is 2.29. The summed E-state index contributed by atoms with van der Waals surface area (Å²) in [7, 11) is 1.39. The number of benzene rings is 2. The largest absolute Gasteiger partial charge is 0.508 e. The maximum absolute atomic E-state index is 12.5. The molecule has 1 amide bonds. The number of rotatable bonds is 4. The highest BCUT2D eigenvalue weighted by molar-refractivity contribution is 5.97. The van der Waals surface area contributed by atoms with Crippen LogP contribution in [0.15, 0.2) is 42.5 Å². The molecule has 0 unspecified atom stereocenters. The zero-order valence-electron chi connectivity index (χ0n) is 12.1. The van der Waals surface area contributed by atoms with E-state index in [0.29, 0.717) is 5.56 Å². The van der Waals surface area contributed by atoms with Crippen LogP contribution in [0.25, 0.3) is 0 Å². The molecule has 2 N–H and O–H groups in total. The first-order valence-electron chi connectivity index (χ1n) is 6.62. The summed E-state index contributed by atoms with van der Waals surface area (Å²) in [6.07, 6.45) is -4.39. The van der Waals surface area contributed by atoms with Crippen molar-refractivity contribution in [3.8, 4) is 11.5 Å². The van der Waals surface area contributed by atoms with Crippen LogP contribution in [0, 0.1) is 0 Å². The first-order chi connectivity index (χ1) is 10.8. The van der Waals surface area contributed by atoms with Crippen molar-refractivity contribution in [3.63, 3.8) is 0 Å². The molecule has 0 saturated carbocycles. The molecule has 23 heavy (non-hydrogen) atoms. The smallest absolute Gasteiger partial charge is 0.416 e. The summed E-state index contributed by atoms with van der Waals surface area (Å²) < 4.78 is 42.4. The average molecular weight is 325 g/mol. The molecule has 0 aromatic heterocycles. The number of alkyl halides is 3. The van der Waals surface area contributed by atoms with Gasteiger partial charge in [0.15, 0.2) is 0 Å². The van der Waals surface area contributed by atoms with Gasteiger partial charge in [0, 0.05) is 6.54 Å². The molecule has 122 valence electrons. The number of methoxy groups -OCH3 is 1. The van der Waals surface area contributed by atoms with E-state index < -0.39 is 17.6 Å². The SMILES string of the molecule is COc1ccc(O)cc1C(=O)NCc1ccc(C(F)(F)F)cc1. The van der Waals surface area contributed by atoms with Crippen LogP contribution in [0.2, 0.25) is 0 Å². The van der Waals surface area contributed by atoms with Crippen molar-refractivity contribution in [2.24, 2.45) is 0 Å². The van der Waals surface area contributed by atoms with E-state index in [9.17, 15) is 23.1 Å². The van der Waals surface area contributed by atoms with Gasteiger partial charge in [-0.15, -0.1) is 0 Å². The number of hydrogen-bond donors (Lipinski definition) is 2. The molecule has 2 rings (SSSR count). The number of phenols is 1. The van der Waals surface area contributed by atoms with E-state index in [1.165, 1.54) is 37.4 Å². The molecule has 0 aliphatic heterocycles. The van der Waals surface area contributed by atoms with Gasteiger partial charge in [0.2, 0.25) is 0 Å². The highest BCUT2D eigenvalue weighted by atomic mass is 19.4. The quantitative estimate of drug-likeness (QED) is 0.906. The van der Waals surface area contributed by atoms with Gasteiger partial charge >= 0.3 is 6.18 Å². The molecule has 2 aromatic carbocycles. The number of nitrogens with one attached hydrogen (secondary N) is 1. The van der Waals surface area contributed by atoms with Gasteiger partial charge in [-0.2, -0.15) is 13.2 Å². The van der Waals surface area contributed by atoms with Gasteiger partial charge in [-0.05, 0) is 35.9 Å². The van der Waals surface area contributed by atoms with Crippen molar-refractivity contribution >= 4 is 5.91 Å². The van der Waals surface area contributed by atoms with E-state index in [0.717, 1.165) is 12.1 Å². The first kappa shape index (κ1) is 16.7. The lowest BCUT2D eigenvalue weighted by molar-refractivity contribution is -0.137. The fourth-order valence-electron chi connectivity index (χ4n) is 1.96. The predicted octanol–water partition coefficient (Wildman–Crippen LogP) is 3.35. The Hall–Kier alpha value is -2.70. The van der Waals surface area contributed by atoms with Crippen LogP contribution in [0.5, 0.6) is 11.5 Å². The van der Waals surface area contributed by atoms with Crippen LogP contribution in [-0.2, 0) is 12.7 Å². The second kappa shape index (κ2) is 6.60. The number of carbonyl (C=O) groups is 1. The van der Waals surface area contributed by atoms with Gasteiger partial charge in [0.05, 0.1) is 18.2 Å². The van der Waals surface area contributed by atoms with Crippen molar-refractivity contribution in [1.29, 1.82) is 0 Å². The third kappa shape index (κ3) is 4.15. The number of hydrogen-bond acceptors (Lipinski definition) is 3. The summed E-state index contributed by atoms with van der Waals surface area (Å²) in [5, 5.41) is 12.0. The van der Waals surface area contributed by atoms with Crippen molar-refractivity contribution < 1.29 is 27.8 Å². The molecule has 0 aliphatic carbocycles. The van der Waals surface area contributed by atoms with E-state index in [2.05, 4.69) is 5.32 Å². The molecule has 2 aromatic rings. The summed E-state index contributed by atoms with van der Waals surface area (Å²) in [5.41, 5.74) is -0.0906. The van der Waals surface area contributed by atoms with Crippen LogP contribution < -0.4 is 10.1 Å². The van der Waals surface area contributed by atoms with E-state index in [1.807, 2.05) is 0 Å². The van der Waals surface area contributed by atoms with E-state index in [-0.39, 0.29) is 23.6 Å². The second-order valence-corrected chi connectivity index (χ2v) is 4.76. The summed E-state index contributed by atoms with van der Waals surface area (Å²) in [4.78, 5) is 12.1. The van der Waals surface area contributed by atoms with Crippen molar-refractivity contribution in [2.75, 3.05) is 7.11 Å². The number of amides is 1. The van der Waals surface area contributed by atoms with Crippen LogP contribution in [-0.4, -0.2) is 18.1 Å². The molecule has 7 heteroatoms. The van der Waals surface area contributed by atoms with Crippen LogP contribution in [0.3, 0.4) is 0 Å². The molecule has 0 radical (unpaired) electrons. The Kier molecular flexibility index (Phi) is 4.78. The van der Waals surface area contributed by atoms with E-state index in [1.54, 1.807) is 0 Å². The second-order valence-electron chi connectivity index (χ2n) is 4.76. The zero-order valence-corrected chi connectivity index (χ0v) is 12.1. The first-order valence-corrected chi connectivity index (χ1v) is 6.62. The Labute approximate surface area is 130 Å². The van der Waals surface area contributed by atoms with E-state index >= 15 is 0 Å². The molecule has 0 heterocycles. The highest BCUT2D eigenvalue weighted by Crippen LogP contribution is 2.29. The van der Waals surface area contributed by atoms with Crippen molar-refractivity contribution in [2.45, 2.75) is 12.7 Å². The maximum Gasteiger partial charge on any atom is 0.416 e. The summed E-state index contributed by atoms with van der Waals surface area (Å²) in [6, 6.07) is 8.58. The Balaban J connectivity index is 2.06. The monoisotopic (exact) mass is 325 g/mol. The molecule has 0 saturated heterocycles. The Morgan fingerprint density at radius 3 is 2.39 bits per heavy atom. The number of aromatic hydroxyl groups is 1.